The Labute approximate surface area is 169 Å². The van der Waals surface area contributed by atoms with Crippen LogP contribution in [0.4, 0.5) is 14.9 Å². The molecule has 0 saturated carbocycles. The highest BCUT2D eigenvalue weighted by molar-refractivity contribution is 5.96. The first-order valence-corrected chi connectivity index (χ1v) is 9.81. The number of anilines is 1. The van der Waals surface area contributed by atoms with Gasteiger partial charge in [-0.25, -0.2) is 9.18 Å². The zero-order valence-corrected chi connectivity index (χ0v) is 16.2. The first kappa shape index (κ1) is 19.3. The van der Waals surface area contributed by atoms with Crippen LogP contribution in [-0.2, 0) is 11.3 Å². The number of carbonyl (C=O) groups is 2. The van der Waals surface area contributed by atoms with Crippen LogP contribution in [0.15, 0.2) is 48.8 Å². The van der Waals surface area contributed by atoms with Gasteiger partial charge in [0.25, 0.3) is 0 Å². The largest absolute Gasteiger partial charge is 0.339 e. The number of hydrogen-bond acceptors (Lipinski definition) is 4. The van der Waals surface area contributed by atoms with E-state index in [0.29, 0.717) is 31.9 Å². The number of halogens is 1. The van der Waals surface area contributed by atoms with Crippen LogP contribution in [0.2, 0.25) is 0 Å². The number of hydrogen-bond donors (Lipinski definition) is 0. The molecule has 3 heterocycles. The Morgan fingerprint density at radius 1 is 0.931 bits per heavy atom. The number of amides is 3. The van der Waals surface area contributed by atoms with Crippen molar-refractivity contribution in [2.24, 2.45) is 0 Å². The lowest BCUT2D eigenvalue weighted by Crippen LogP contribution is -2.51. The van der Waals surface area contributed by atoms with E-state index in [2.05, 4.69) is 9.88 Å². The first-order chi connectivity index (χ1) is 14.1. The van der Waals surface area contributed by atoms with Crippen molar-refractivity contribution < 1.29 is 14.0 Å². The maximum Gasteiger partial charge on any atom is 0.325 e. The SMILES string of the molecule is O=C(CN1CCN(c2ccc(F)cc2)C1=O)N1CCN(Cc2ccncc2)CC1. The van der Waals surface area contributed by atoms with E-state index >= 15 is 0 Å². The minimum Gasteiger partial charge on any atom is -0.339 e. The van der Waals surface area contributed by atoms with Crippen molar-refractivity contribution in [3.63, 3.8) is 0 Å². The quantitative estimate of drug-likeness (QED) is 0.772. The summed E-state index contributed by atoms with van der Waals surface area (Å²) < 4.78 is 13.1. The Morgan fingerprint density at radius 2 is 1.62 bits per heavy atom. The van der Waals surface area contributed by atoms with Gasteiger partial charge in [0, 0.05) is 63.9 Å². The van der Waals surface area contributed by atoms with E-state index in [0.717, 1.165) is 19.6 Å². The van der Waals surface area contributed by atoms with Crippen molar-refractivity contribution >= 4 is 17.6 Å². The molecule has 0 radical (unpaired) electrons. The lowest BCUT2D eigenvalue weighted by molar-refractivity contribution is -0.133. The lowest BCUT2D eigenvalue weighted by Gasteiger charge is -2.35. The highest BCUT2D eigenvalue weighted by Crippen LogP contribution is 2.20. The lowest BCUT2D eigenvalue weighted by atomic mass is 10.2. The van der Waals surface area contributed by atoms with E-state index < -0.39 is 0 Å². The Morgan fingerprint density at radius 3 is 2.31 bits per heavy atom. The number of aromatic nitrogens is 1. The zero-order valence-electron chi connectivity index (χ0n) is 16.2. The molecule has 0 bridgehead atoms. The molecule has 1 aromatic heterocycles. The van der Waals surface area contributed by atoms with Gasteiger partial charge in [-0.2, -0.15) is 0 Å². The molecule has 2 aliphatic heterocycles. The standard InChI is InChI=1S/C21H24FN5O2/c22-18-1-3-19(4-2-18)27-14-13-26(21(27)29)16-20(28)25-11-9-24(10-12-25)15-17-5-7-23-8-6-17/h1-8H,9-16H2. The molecular weight excluding hydrogens is 373 g/mol. The summed E-state index contributed by atoms with van der Waals surface area (Å²) in [7, 11) is 0. The molecule has 2 fully saturated rings. The molecule has 1 aromatic carbocycles. The molecule has 3 amide bonds. The summed E-state index contributed by atoms with van der Waals surface area (Å²) in [5.41, 5.74) is 1.86. The highest BCUT2D eigenvalue weighted by Gasteiger charge is 2.32. The molecule has 4 rings (SSSR count). The third kappa shape index (κ3) is 4.54. The number of nitrogens with zero attached hydrogens (tertiary/aromatic N) is 5. The number of pyridine rings is 1. The van der Waals surface area contributed by atoms with Gasteiger partial charge < -0.3 is 9.80 Å². The van der Waals surface area contributed by atoms with Crippen LogP contribution in [0.25, 0.3) is 0 Å². The van der Waals surface area contributed by atoms with Crippen LogP contribution in [0.1, 0.15) is 5.56 Å². The second-order valence-electron chi connectivity index (χ2n) is 7.34. The summed E-state index contributed by atoms with van der Waals surface area (Å²) in [6, 6.07) is 9.64. The van der Waals surface area contributed by atoms with Crippen molar-refractivity contribution in [1.29, 1.82) is 0 Å². The van der Waals surface area contributed by atoms with Gasteiger partial charge in [0.05, 0.1) is 0 Å². The molecule has 2 aliphatic rings. The monoisotopic (exact) mass is 397 g/mol. The van der Waals surface area contributed by atoms with Gasteiger partial charge in [-0.3, -0.25) is 19.6 Å². The third-order valence-electron chi connectivity index (χ3n) is 5.44. The van der Waals surface area contributed by atoms with Gasteiger partial charge in [0.15, 0.2) is 0 Å². The molecule has 8 heteroatoms. The van der Waals surface area contributed by atoms with Crippen LogP contribution < -0.4 is 4.90 Å². The van der Waals surface area contributed by atoms with Gasteiger partial charge in [-0.05, 0) is 42.0 Å². The van der Waals surface area contributed by atoms with Gasteiger partial charge in [-0.1, -0.05) is 0 Å². The van der Waals surface area contributed by atoms with E-state index in [1.807, 2.05) is 17.0 Å². The number of rotatable bonds is 5. The summed E-state index contributed by atoms with van der Waals surface area (Å²) in [4.78, 5) is 36.7. The van der Waals surface area contributed by atoms with Crippen molar-refractivity contribution in [1.82, 2.24) is 19.7 Å². The molecule has 7 nitrogen and oxygen atoms in total. The smallest absolute Gasteiger partial charge is 0.325 e. The second-order valence-corrected chi connectivity index (χ2v) is 7.34. The normalized spacial score (nSPS) is 17.8. The predicted octanol–water partition coefficient (Wildman–Crippen LogP) is 1.81. The summed E-state index contributed by atoms with van der Waals surface area (Å²) >= 11 is 0. The molecule has 0 spiro atoms. The average molecular weight is 397 g/mol. The van der Waals surface area contributed by atoms with E-state index in [1.54, 1.807) is 34.3 Å². The summed E-state index contributed by atoms with van der Waals surface area (Å²) in [6.07, 6.45) is 3.58. The maximum atomic E-state index is 13.1. The van der Waals surface area contributed by atoms with Gasteiger partial charge in [0.2, 0.25) is 5.91 Å². The van der Waals surface area contributed by atoms with E-state index in [-0.39, 0.29) is 24.3 Å². The van der Waals surface area contributed by atoms with Gasteiger partial charge in [0.1, 0.15) is 12.4 Å². The fourth-order valence-electron chi connectivity index (χ4n) is 3.76. The predicted molar refractivity (Wildman–Crippen MR) is 107 cm³/mol. The zero-order chi connectivity index (χ0) is 20.2. The molecule has 0 unspecified atom stereocenters. The number of carbonyl (C=O) groups excluding carboxylic acids is 2. The van der Waals surface area contributed by atoms with E-state index in [9.17, 15) is 14.0 Å². The molecule has 0 N–H and O–H groups in total. The highest BCUT2D eigenvalue weighted by atomic mass is 19.1. The van der Waals surface area contributed by atoms with Crippen LogP contribution in [-0.4, -0.2) is 77.4 Å². The Balaban J connectivity index is 1.27. The van der Waals surface area contributed by atoms with Crippen LogP contribution in [0, 0.1) is 5.82 Å². The molecule has 29 heavy (non-hydrogen) atoms. The fourth-order valence-corrected chi connectivity index (χ4v) is 3.76. The number of benzene rings is 1. The van der Waals surface area contributed by atoms with Crippen molar-refractivity contribution in [3.8, 4) is 0 Å². The number of piperazine rings is 1. The molecule has 0 aliphatic carbocycles. The maximum absolute atomic E-state index is 13.1. The van der Waals surface area contributed by atoms with Gasteiger partial charge >= 0.3 is 6.03 Å². The van der Waals surface area contributed by atoms with Crippen molar-refractivity contribution in [2.75, 3.05) is 50.7 Å². The Hall–Kier alpha value is -3.00. The molecular formula is C21H24FN5O2. The summed E-state index contributed by atoms with van der Waals surface area (Å²) in [5, 5.41) is 0. The van der Waals surface area contributed by atoms with E-state index in [1.165, 1.54) is 17.7 Å². The molecule has 2 aromatic rings. The molecule has 2 saturated heterocycles. The van der Waals surface area contributed by atoms with Crippen molar-refractivity contribution in [2.45, 2.75) is 6.54 Å². The van der Waals surface area contributed by atoms with E-state index in [4.69, 9.17) is 0 Å². The molecule has 152 valence electrons. The van der Waals surface area contributed by atoms with Gasteiger partial charge in [-0.15, -0.1) is 0 Å². The minimum atomic E-state index is -0.337. The number of urea groups is 1. The fraction of sp³-hybridized carbons (Fsp3) is 0.381. The van der Waals surface area contributed by atoms with Crippen molar-refractivity contribution in [3.05, 3.63) is 60.2 Å². The Bertz CT molecular complexity index is 853. The molecule has 0 atom stereocenters. The van der Waals surface area contributed by atoms with Crippen LogP contribution in [0.5, 0.6) is 0 Å². The summed E-state index contributed by atoms with van der Waals surface area (Å²) in [5.74, 6) is -0.363. The minimum absolute atomic E-state index is 0.0251. The Kier molecular flexibility index (Phi) is 5.71. The second kappa shape index (κ2) is 8.57. The summed E-state index contributed by atoms with van der Waals surface area (Å²) in [6.45, 7) is 4.86. The first-order valence-electron chi connectivity index (χ1n) is 9.81. The average Bonchev–Trinajstić information content (AvgIpc) is 3.10. The third-order valence-corrected chi connectivity index (χ3v) is 5.44. The van der Waals surface area contributed by atoms with Crippen LogP contribution >= 0.6 is 0 Å². The topological polar surface area (TPSA) is 60.0 Å². The van der Waals surface area contributed by atoms with Crippen LogP contribution in [0.3, 0.4) is 0 Å².